The average Bonchev–Trinajstić information content (AvgIpc) is 3.40. The summed E-state index contributed by atoms with van der Waals surface area (Å²) in [5.74, 6) is -1.66. The van der Waals surface area contributed by atoms with Crippen LogP contribution in [0.4, 0.5) is 13.2 Å². The van der Waals surface area contributed by atoms with E-state index < -0.39 is 12.1 Å². The van der Waals surface area contributed by atoms with Crippen molar-refractivity contribution in [1.82, 2.24) is 24.3 Å². The molecule has 1 N–H and O–H groups in total. The van der Waals surface area contributed by atoms with Crippen molar-refractivity contribution < 1.29 is 32.4 Å². The number of rotatable bonds is 4. The Hall–Kier alpha value is -3.41. The Kier molecular flexibility index (Phi) is 7.82. The molecule has 1 amide bonds. The number of fused-ring (bicyclic) bond motifs is 1. The van der Waals surface area contributed by atoms with Crippen LogP contribution in [0.1, 0.15) is 60.5 Å². The maximum atomic E-state index is 12.9. The van der Waals surface area contributed by atoms with Crippen LogP contribution < -0.4 is 0 Å². The van der Waals surface area contributed by atoms with E-state index in [1.807, 2.05) is 26.0 Å². The van der Waals surface area contributed by atoms with Gasteiger partial charge in [-0.25, -0.2) is 9.78 Å². The molecule has 3 aromatic rings. The fourth-order valence-electron chi connectivity index (χ4n) is 5.46. The van der Waals surface area contributed by atoms with Crippen LogP contribution in [0.15, 0.2) is 28.9 Å². The third kappa shape index (κ3) is 5.69. The standard InChI is InChI=1S/C24H31N5O2.C2HF3O2/c1-17-20(19(3)31-26-17)15-29-23(30)8-10-24(29)9-6-12-27(14-11-24)16-21-18(2)28-13-5-4-7-22(28)25-21;3-2(4,5)1(6)7/h4-5,7,13H,6,8-12,14-16H2,1-3H3;(H,6,7). The van der Waals surface area contributed by atoms with Crippen molar-refractivity contribution >= 4 is 17.5 Å². The molecular weight excluding hydrogens is 503 g/mol. The number of amides is 1. The van der Waals surface area contributed by atoms with E-state index in [1.165, 1.54) is 5.69 Å². The number of hydrogen-bond donors (Lipinski definition) is 1. The van der Waals surface area contributed by atoms with Crippen LogP contribution in [0.2, 0.25) is 0 Å². The van der Waals surface area contributed by atoms with Gasteiger partial charge in [0.25, 0.3) is 0 Å². The zero-order valence-electron chi connectivity index (χ0n) is 21.7. The van der Waals surface area contributed by atoms with Gasteiger partial charge in [0, 0.05) is 42.5 Å². The summed E-state index contributed by atoms with van der Waals surface area (Å²) < 4.78 is 39.3. The summed E-state index contributed by atoms with van der Waals surface area (Å²) in [7, 11) is 0. The summed E-state index contributed by atoms with van der Waals surface area (Å²) in [4.78, 5) is 31.3. The molecule has 5 heterocycles. The van der Waals surface area contributed by atoms with E-state index in [2.05, 4.69) is 38.5 Å². The van der Waals surface area contributed by atoms with Crippen molar-refractivity contribution in [2.45, 2.75) is 77.7 Å². The van der Waals surface area contributed by atoms with E-state index in [-0.39, 0.29) is 11.4 Å². The highest BCUT2D eigenvalue weighted by Gasteiger charge is 2.46. The van der Waals surface area contributed by atoms with Gasteiger partial charge in [-0.15, -0.1) is 0 Å². The van der Waals surface area contributed by atoms with E-state index in [9.17, 15) is 18.0 Å². The van der Waals surface area contributed by atoms with Crippen LogP contribution >= 0.6 is 0 Å². The van der Waals surface area contributed by atoms with E-state index >= 15 is 0 Å². The molecule has 5 rings (SSSR count). The molecule has 0 aliphatic carbocycles. The van der Waals surface area contributed by atoms with Gasteiger partial charge in [-0.3, -0.25) is 9.69 Å². The SMILES string of the molecule is Cc1noc(C)c1CN1C(=O)CCC12CCCN(Cc1nc3ccccn3c1C)CC2.O=C(O)C(F)(F)F. The minimum absolute atomic E-state index is 0.0457. The zero-order chi connectivity index (χ0) is 27.7. The lowest BCUT2D eigenvalue weighted by atomic mass is 9.87. The first-order valence-corrected chi connectivity index (χ1v) is 12.6. The monoisotopic (exact) mass is 535 g/mol. The highest BCUT2D eigenvalue weighted by Crippen LogP contribution is 2.41. The van der Waals surface area contributed by atoms with E-state index in [0.29, 0.717) is 13.0 Å². The Bertz CT molecular complexity index is 1300. The fourth-order valence-corrected chi connectivity index (χ4v) is 5.46. The molecule has 0 bridgehead atoms. The summed E-state index contributed by atoms with van der Waals surface area (Å²) in [6, 6.07) is 6.14. The minimum atomic E-state index is -5.08. The number of aromatic nitrogens is 3. The number of carboxylic acid groups (broad SMARTS) is 1. The van der Waals surface area contributed by atoms with Gasteiger partial charge in [-0.2, -0.15) is 13.2 Å². The second-order valence-electron chi connectivity index (χ2n) is 10.0. The quantitative estimate of drug-likeness (QED) is 0.527. The van der Waals surface area contributed by atoms with E-state index in [1.54, 1.807) is 0 Å². The molecular formula is C26H32F3N5O4. The molecule has 2 saturated heterocycles. The maximum Gasteiger partial charge on any atom is 0.490 e. The number of halogens is 3. The normalized spacial score (nSPS) is 20.6. The number of carboxylic acids is 1. The number of carbonyl (C=O) groups is 2. The highest BCUT2D eigenvalue weighted by atomic mass is 19.4. The molecule has 2 aliphatic rings. The van der Waals surface area contributed by atoms with Gasteiger partial charge in [-0.1, -0.05) is 11.2 Å². The van der Waals surface area contributed by atoms with Gasteiger partial charge in [0.1, 0.15) is 11.4 Å². The van der Waals surface area contributed by atoms with Crippen LogP contribution in [0.5, 0.6) is 0 Å². The zero-order valence-corrected chi connectivity index (χ0v) is 21.7. The number of pyridine rings is 1. The first-order valence-electron chi connectivity index (χ1n) is 12.6. The van der Waals surface area contributed by atoms with Gasteiger partial charge >= 0.3 is 12.1 Å². The molecule has 2 fully saturated rings. The van der Waals surface area contributed by atoms with Gasteiger partial charge < -0.3 is 18.9 Å². The third-order valence-corrected chi connectivity index (χ3v) is 7.67. The van der Waals surface area contributed by atoms with Crippen LogP contribution in [0.25, 0.3) is 5.65 Å². The van der Waals surface area contributed by atoms with E-state index in [4.69, 9.17) is 19.4 Å². The first-order chi connectivity index (χ1) is 17.9. The molecule has 2 aliphatic heterocycles. The van der Waals surface area contributed by atoms with Crippen LogP contribution in [-0.4, -0.2) is 66.1 Å². The predicted octanol–water partition coefficient (Wildman–Crippen LogP) is 4.43. The lowest BCUT2D eigenvalue weighted by Gasteiger charge is -2.38. The van der Waals surface area contributed by atoms with Crippen molar-refractivity contribution in [3.8, 4) is 0 Å². The average molecular weight is 536 g/mol. The summed E-state index contributed by atoms with van der Waals surface area (Å²) in [6.07, 6.45) is 1.76. The van der Waals surface area contributed by atoms with Gasteiger partial charge in [0.2, 0.25) is 5.91 Å². The van der Waals surface area contributed by atoms with Gasteiger partial charge in [0.05, 0.1) is 17.9 Å². The molecule has 38 heavy (non-hydrogen) atoms. The van der Waals surface area contributed by atoms with Crippen molar-refractivity contribution in [2.24, 2.45) is 0 Å². The topological polar surface area (TPSA) is 104 Å². The van der Waals surface area contributed by atoms with Crippen molar-refractivity contribution in [3.05, 3.63) is 52.8 Å². The second-order valence-corrected chi connectivity index (χ2v) is 10.0. The molecule has 0 saturated carbocycles. The minimum Gasteiger partial charge on any atom is -0.475 e. The third-order valence-electron chi connectivity index (χ3n) is 7.67. The number of nitrogens with zero attached hydrogens (tertiary/aromatic N) is 5. The Morgan fingerprint density at radius 2 is 1.87 bits per heavy atom. The van der Waals surface area contributed by atoms with Crippen molar-refractivity contribution in [2.75, 3.05) is 13.1 Å². The first kappa shape index (κ1) is 27.6. The van der Waals surface area contributed by atoms with Crippen LogP contribution in [-0.2, 0) is 22.7 Å². The number of likely N-dealkylation sites (tertiary alicyclic amines) is 2. The molecule has 1 unspecified atom stereocenters. The van der Waals surface area contributed by atoms with Crippen LogP contribution in [0.3, 0.4) is 0 Å². The molecule has 0 aromatic carbocycles. The van der Waals surface area contributed by atoms with Gasteiger partial charge in [-0.05, 0) is 65.1 Å². The smallest absolute Gasteiger partial charge is 0.475 e. The number of imidazole rings is 1. The van der Waals surface area contributed by atoms with Crippen molar-refractivity contribution in [1.29, 1.82) is 0 Å². The van der Waals surface area contributed by atoms with Gasteiger partial charge in [0.15, 0.2) is 0 Å². The summed E-state index contributed by atoms with van der Waals surface area (Å²) in [5, 5.41) is 11.2. The Labute approximate surface area is 218 Å². The predicted molar refractivity (Wildman–Crippen MR) is 131 cm³/mol. The number of hydrogen-bond acceptors (Lipinski definition) is 6. The Morgan fingerprint density at radius 3 is 2.50 bits per heavy atom. The summed E-state index contributed by atoms with van der Waals surface area (Å²) in [6.45, 7) is 9.56. The highest BCUT2D eigenvalue weighted by molar-refractivity contribution is 5.79. The molecule has 3 aromatic heterocycles. The summed E-state index contributed by atoms with van der Waals surface area (Å²) in [5.41, 5.74) is 5.29. The number of carbonyl (C=O) groups excluding carboxylic acids is 1. The fraction of sp³-hybridized carbons (Fsp3) is 0.538. The largest absolute Gasteiger partial charge is 0.490 e. The number of alkyl halides is 3. The summed E-state index contributed by atoms with van der Waals surface area (Å²) >= 11 is 0. The maximum absolute atomic E-state index is 12.9. The Balaban J connectivity index is 0.000000426. The number of aliphatic carboxylic acids is 1. The molecule has 1 atom stereocenters. The number of aryl methyl sites for hydroxylation is 3. The Morgan fingerprint density at radius 1 is 1.13 bits per heavy atom. The molecule has 1 spiro atoms. The van der Waals surface area contributed by atoms with Crippen LogP contribution in [0, 0.1) is 20.8 Å². The lowest BCUT2D eigenvalue weighted by molar-refractivity contribution is -0.192. The molecule has 9 nitrogen and oxygen atoms in total. The van der Waals surface area contributed by atoms with Crippen molar-refractivity contribution in [3.63, 3.8) is 0 Å². The molecule has 12 heteroatoms. The molecule has 0 radical (unpaired) electrons. The molecule has 206 valence electrons. The lowest BCUT2D eigenvalue weighted by Crippen LogP contribution is -2.46. The second kappa shape index (κ2) is 10.8. The van der Waals surface area contributed by atoms with E-state index in [0.717, 1.165) is 73.7 Å².